The van der Waals surface area contributed by atoms with E-state index in [1.807, 2.05) is 42.5 Å². The molecule has 0 atom stereocenters. The maximum Gasteiger partial charge on any atom is 0.339 e. The van der Waals surface area contributed by atoms with Crippen LogP contribution < -0.4 is 0 Å². The molecule has 1 aliphatic heterocycles. The quantitative estimate of drug-likeness (QED) is 0.580. The molecule has 0 N–H and O–H groups in total. The summed E-state index contributed by atoms with van der Waals surface area (Å²) >= 11 is 12.4. The first-order valence-electron chi connectivity index (χ1n) is 7.98. The molecule has 0 aliphatic carbocycles. The predicted molar refractivity (Wildman–Crippen MR) is 96.4 cm³/mol. The van der Waals surface area contributed by atoms with Crippen LogP contribution in [0.3, 0.4) is 0 Å². The minimum Gasteiger partial charge on any atom is -0.439 e. The molecule has 0 spiro atoms. The SMILES string of the molecule is O=C(OC1(Cl)CCN(Cc2ccc(Cl)cc2)CC1)c1ccccc1. The summed E-state index contributed by atoms with van der Waals surface area (Å²) in [5.41, 5.74) is 1.74. The van der Waals surface area contributed by atoms with Crippen LogP contribution in [0.2, 0.25) is 5.02 Å². The normalized spacial score (nSPS) is 17.4. The summed E-state index contributed by atoms with van der Waals surface area (Å²) in [5, 5.41) is -0.173. The lowest BCUT2D eigenvalue weighted by molar-refractivity contribution is -0.00814. The van der Waals surface area contributed by atoms with Crippen LogP contribution in [-0.4, -0.2) is 29.0 Å². The maximum atomic E-state index is 12.2. The number of alkyl halides is 1. The van der Waals surface area contributed by atoms with Gasteiger partial charge in [0.2, 0.25) is 0 Å². The van der Waals surface area contributed by atoms with Crippen LogP contribution in [0.4, 0.5) is 0 Å². The first-order chi connectivity index (χ1) is 11.5. The van der Waals surface area contributed by atoms with Crippen LogP contribution in [0.15, 0.2) is 54.6 Å². The number of ether oxygens (including phenoxy) is 1. The highest BCUT2D eigenvalue weighted by atomic mass is 35.5. The van der Waals surface area contributed by atoms with Crippen molar-refractivity contribution in [2.45, 2.75) is 24.4 Å². The Morgan fingerprint density at radius 1 is 1.04 bits per heavy atom. The Labute approximate surface area is 152 Å². The smallest absolute Gasteiger partial charge is 0.339 e. The predicted octanol–water partition coefficient (Wildman–Crippen LogP) is 4.73. The van der Waals surface area contributed by atoms with Crippen molar-refractivity contribution in [2.75, 3.05) is 13.1 Å². The average molecular weight is 364 g/mol. The summed E-state index contributed by atoms with van der Waals surface area (Å²) in [4.78, 5) is 14.5. The molecule has 24 heavy (non-hydrogen) atoms. The third-order valence-electron chi connectivity index (χ3n) is 4.21. The molecular formula is C19H19Cl2NO2. The number of rotatable bonds is 4. The largest absolute Gasteiger partial charge is 0.439 e. The van der Waals surface area contributed by atoms with Crippen LogP contribution in [-0.2, 0) is 11.3 Å². The lowest BCUT2D eigenvalue weighted by Gasteiger charge is -2.37. The Morgan fingerprint density at radius 3 is 2.29 bits per heavy atom. The Balaban J connectivity index is 1.53. The van der Waals surface area contributed by atoms with Crippen molar-refractivity contribution in [3.8, 4) is 0 Å². The van der Waals surface area contributed by atoms with Crippen LogP contribution in [0.1, 0.15) is 28.8 Å². The average Bonchev–Trinajstić information content (AvgIpc) is 2.60. The van der Waals surface area contributed by atoms with Gasteiger partial charge in [0.1, 0.15) is 0 Å². The Kier molecular flexibility index (Phi) is 5.44. The van der Waals surface area contributed by atoms with Crippen molar-refractivity contribution in [3.05, 3.63) is 70.7 Å². The monoisotopic (exact) mass is 363 g/mol. The highest BCUT2D eigenvalue weighted by Gasteiger charge is 2.36. The third-order valence-corrected chi connectivity index (χ3v) is 4.91. The van der Waals surface area contributed by atoms with Gasteiger partial charge in [0.15, 0.2) is 5.06 Å². The number of piperidine rings is 1. The van der Waals surface area contributed by atoms with E-state index in [0.29, 0.717) is 18.4 Å². The van der Waals surface area contributed by atoms with Gasteiger partial charge < -0.3 is 4.74 Å². The van der Waals surface area contributed by atoms with E-state index in [9.17, 15) is 4.79 Å². The zero-order chi connectivity index (χ0) is 17.0. The minimum atomic E-state index is -0.913. The zero-order valence-electron chi connectivity index (χ0n) is 13.3. The molecule has 2 aromatic carbocycles. The molecule has 126 valence electrons. The topological polar surface area (TPSA) is 29.5 Å². The fraction of sp³-hybridized carbons (Fsp3) is 0.316. The molecule has 0 aromatic heterocycles. The highest BCUT2D eigenvalue weighted by Crippen LogP contribution is 2.32. The standard InChI is InChI=1S/C19H19Cl2NO2/c20-17-8-6-15(7-9-17)14-22-12-10-19(21,11-13-22)24-18(23)16-4-2-1-3-5-16/h1-9H,10-14H2. The van der Waals surface area contributed by atoms with Crippen molar-refractivity contribution < 1.29 is 9.53 Å². The van der Waals surface area contributed by atoms with Gasteiger partial charge in [-0.1, -0.05) is 53.5 Å². The number of hydrogen-bond acceptors (Lipinski definition) is 3. The first kappa shape index (κ1) is 17.3. The number of esters is 1. The number of carbonyl (C=O) groups excluding carboxylic acids is 1. The molecule has 1 aliphatic rings. The third kappa shape index (κ3) is 4.50. The fourth-order valence-electron chi connectivity index (χ4n) is 2.79. The lowest BCUT2D eigenvalue weighted by atomic mass is 10.1. The van der Waals surface area contributed by atoms with Crippen molar-refractivity contribution in [1.82, 2.24) is 4.90 Å². The Bertz CT molecular complexity index is 680. The summed E-state index contributed by atoms with van der Waals surface area (Å²) < 4.78 is 5.56. The molecular weight excluding hydrogens is 345 g/mol. The molecule has 1 heterocycles. The van der Waals surface area contributed by atoms with Crippen LogP contribution >= 0.6 is 23.2 Å². The van der Waals surface area contributed by atoms with Gasteiger partial charge >= 0.3 is 5.97 Å². The van der Waals surface area contributed by atoms with Gasteiger partial charge in [0.05, 0.1) is 5.56 Å². The van der Waals surface area contributed by atoms with Gasteiger partial charge in [-0.2, -0.15) is 0 Å². The number of carbonyl (C=O) groups is 1. The molecule has 0 amide bonds. The van der Waals surface area contributed by atoms with Gasteiger partial charge in [-0.05, 0) is 29.8 Å². The highest BCUT2D eigenvalue weighted by molar-refractivity contribution is 6.30. The summed E-state index contributed by atoms with van der Waals surface area (Å²) in [5.74, 6) is -0.364. The van der Waals surface area contributed by atoms with E-state index in [-0.39, 0.29) is 5.97 Å². The summed E-state index contributed by atoms with van der Waals surface area (Å²) in [6.45, 7) is 2.42. The lowest BCUT2D eigenvalue weighted by Crippen LogP contribution is -2.43. The Morgan fingerprint density at radius 2 is 1.67 bits per heavy atom. The molecule has 0 radical (unpaired) electrons. The van der Waals surface area contributed by atoms with Crippen molar-refractivity contribution in [2.24, 2.45) is 0 Å². The van der Waals surface area contributed by atoms with E-state index >= 15 is 0 Å². The maximum absolute atomic E-state index is 12.2. The zero-order valence-corrected chi connectivity index (χ0v) is 14.8. The summed E-state index contributed by atoms with van der Waals surface area (Å²) in [6, 6.07) is 16.8. The van der Waals surface area contributed by atoms with Crippen LogP contribution in [0, 0.1) is 0 Å². The fourth-order valence-corrected chi connectivity index (χ4v) is 3.16. The van der Waals surface area contributed by atoms with Gasteiger partial charge in [0.25, 0.3) is 0 Å². The second-order valence-corrected chi connectivity index (χ2v) is 7.17. The van der Waals surface area contributed by atoms with Gasteiger partial charge in [0, 0.05) is 37.5 Å². The molecule has 0 saturated carbocycles. The molecule has 0 unspecified atom stereocenters. The van der Waals surface area contributed by atoms with E-state index < -0.39 is 5.06 Å². The summed E-state index contributed by atoms with van der Waals surface area (Å²) in [6.07, 6.45) is 1.22. The second-order valence-electron chi connectivity index (χ2n) is 6.04. The molecule has 3 nitrogen and oxygen atoms in total. The van der Waals surface area contributed by atoms with Crippen LogP contribution in [0.25, 0.3) is 0 Å². The van der Waals surface area contributed by atoms with E-state index in [2.05, 4.69) is 4.90 Å². The van der Waals surface area contributed by atoms with E-state index in [0.717, 1.165) is 24.7 Å². The number of hydrogen-bond donors (Lipinski definition) is 0. The molecule has 0 bridgehead atoms. The van der Waals surface area contributed by atoms with E-state index in [1.165, 1.54) is 5.56 Å². The van der Waals surface area contributed by atoms with Crippen molar-refractivity contribution in [1.29, 1.82) is 0 Å². The number of likely N-dealkylation sites (tertiary alicyclic amines) is 1. The van der Waals surface area contributed by atoms with Gasteiger partial charge in [-0.3, -0.25) is 4.90 Å². The molecule has 3 rings (SSSR count). The number of nitrogens with zero attached hydrogens (tertiary/aromatic N) is 1. The molecule has 2 aromatic rings. The van der Waals surface area contributed by atoms with Gasteiger partial charge in [-0.25, -0.2) is 4.79 Å². The van der Waals surface area contributed by atoms with Crippen molar-refractivity contribution >= 4 is 29.2 Å². The Hall–Kier alpha value is -1.55. The summed E-state index contributed by atoms with van der Waals surface area (Å²) in [7, 11) is 0. The molecule has 1 fully saturated rings. The first-order valence-corrected chi connectivity index (χ1v) is 8.74. The molecule has 5 heteroatoms. The number of benzene rings is 2. The molecule has 1 saturated heterocycles. The van der Waals surface area contributed by atoms with Crippen LogP contribution in [0.5, 0.6) is 0 Å². The van der Waals surface area contributed by atoms with E-state index in [4.69, 9.17) is 27.9 Å². The van der Waals surface area contributed by atoms with Gasteiger partial charge in [-0.15, -0.1) is 0 Å². The van der Waals surface area contributed by atoms with E-state index in [1.54, 1.807) is 12.1 Å². The van der Waals surface area contributed by atoms with Crippen molar-refractivity contribution in [3.63, 3.8) is 0 Å². The second kappa shape index (κ2) is 7.56. The number of halogens is 2. The minimum absolute atomic E-state index is 0.364.